The number of halogens is 6. The molecule has 28 heteroatoms. The summed E-state index contributed by atoms with van der Waals surface area (Å²) < 4.78 is 104. The van der Waals surface area contributed by atoms with Gasteiger partial charge in [0, 0.05) is 11.4 Å². The predicted octanol–water partition coefficient (Wildman–Crippen LogP) is 6.61. The topological polar surface area (TPSA) is 327 Å². The van der Waals surface area contributed by atoms with E-state index in [1.54, 1.807) is 12.1 Å². The number of carbonyl (C=O) groups is 2. The lowest BCUT2D eigenvalue weighted by molar-refractivity contribution is 0.0939. The molecule has 2 aromatic heterocycles. The van der Waals surface area contributed by atoms with E-state index >= 15 is 0 Å². The summed E-state index contributed by atoms with van der Waals surface area (Å²) in [5.41, 5.74) is 37.5. The fraction of sp³-hybridized carbons (Fsp3) is 0.0851. The molecule has 20 nitrogen and oxygen atoms in total. The van der Waals surface area contributed by atoms with E-state index < -0.39 is 65.6 Å². The number of nitrogens with one attached hydrogen (secondary N) is 5. The van der Waals surface area contributed by atoms with Gasteiger partial charge in [-0.3, -0.25) is 26.0 Å². The van der Waals surface area contributed by atoms with E-state index in [-0.39, 0.29) is 47.2 Å². The molecule has 0 saturated carbocycles. The number of hydrazine groups is 1. The first kappa shape index (κ1) is 67.8. The first-order valence-corrected chi connectivity index (χ1v) is 22.4. The maximum atomic E-state index is 13.8. The third-order valence-electron chi connectivity index (χ3n) is 7.72. The van der Waals surface area contributed by atoms with Crippen LogP contribution in [0.3, 0.4) is 0 Å². The average molecular weight is 1100 g/mol. The van der Waals surface area contributed by atoms with Gasteiger partial charge < -0.3 is 22.1 Å². The van der Waals surface area contributed by atoms with Gasteiger partial charge in [-0.15, -0.1) is 10.2 Å². The zero-order chi connectivity index (χ0) is 53.9. The summed E-state index contributed by atoms with van der Waals surface area (Å²) in [6, 6.07) is 17.8. The van der Waals surface area contributed by atoms with E-state index in [4.69, 9.17) is 23.1 Å². The Kier molecular flexibility index (Phi) is 30.8. The van der Waals surface area contributed by atoms with Crippen molar-refractivity contribution >= 4 is 78.0 Å². The maximum Gasteiger partial charge on any atom is 0.287 e. The van der Waals surface area contributed by atoms with Crippen LogP contribution >= 0.6 is 11.6 Å². The van der Waals surface area contributed by atoms with Gasteiger partial charge in [0.05, 0.1) is 9.79 Å². The van der Waals surface area contributed by atoms with Crippen molar-refractivity contribution in [1.29, 1.82) is 0 Å². The number of rotatable bonds is 10. The average Bonchev–Trinajstić information content (AvgIpc) is 3.95. The molecule has 0 unspecified atom stereocenters. The van der Waals surface area contributed by atoms with Crippen LogP contribution in [0.15, 0.2) is 171 Å². The smallest absolute Gasteiger partial charge is 0.287 e. The fourth-order valence-electron chi connectivity index (χ4n) is 4.59. The summed E-state index contributed by atoms with van der Waals surface area (Å²) in [5, 5.41) is 14.6. The molecule has 0 aliphatic carbocycles. The molecule has 0 spiro atoms. The Labute approximate surface area is 432 Å². The summed E-state index contributed by atoms with van der Waals surface area (Å²) in [6.45, 7) is 6.56. The number of aromatic nitrogens is 6. The summed E-state index contributed by atoms with van der Waals surface area (Å²) in [7, 11) is -4.36. The summed E-state index contributed by atoms with van der Waals surface area (Å²) in [6.07, 6.45) is 0. The number of H-pyrrole nitrogens is 1. The Morgan fingerprint density at radius 2 is 0.973 bits per heavy atom. The largest absolute Gasteiger partial charge is 0.368 e. The molecule has 0 aliphatic rings. The summed E-state index contributed by atoms with van der Waals surface area (Å²) in [5.74, 6) is 2.89. The maximum absolute atomic E-state index is 13.8. The van der Waals surface area contributed by atoms with Gasteiger partial charge >= 0.3 is 0 Å². The minimum absolute atomic E-state index is 0. The Bertz CT molecular complexity index is 3480. The number of nitrogens with zero attached hydrogens (tertiary/aromatic N) is 5. The van der Waals surface area contributed by atoms with Gasteiger partial charge in [-0.1, -0.05) is 38.4 Å². The Morgan fingerprint density at radius 3 is 1.29 bits per heavy atom. The summed E-state index contributed by atoms with van der Waals surface area (Å²) in [4.78, 5) is 30.6. The minimum atomic E-state index is -3.59. The van der Waals surface area contributed by atoms with Gasteiger partial charge in [-0.05, 0) is 163 Å². The third-order valence-corrected chi connectivity index (χ3v) is 10.8. The second-order valence-electron chi connectivity index (χ2n) is 12.2. The molecular formula is C47H46ClF5N14O6S2. The molecule has 6 rings (SSSR count). The molecule has 0 aliphatic heterocycles. The molecule has 75 heavy (non-hydrogen) atoms. The minimum Gasteiger partial charge on any atom is -0.368 e. The van der Waals surface area contributed by atoms with Gasteiger partial charge in [0.25, 0.3) is 11.1 Å². The van der Waals surface area contributed by atoms with Crippen molar-refractivity contribution in [1.82, 2.24) is 39.4 Å². The molecule has 0 bridgehead atoms. The van der Waals surface area contributed by atoms with Crippen LogP contribution in [0.4, 0.5) is 57.4 Å². The number of nitrogens with two attached hydrogens (primary N) is 4. The number of carbonyl (C=O) groups excluding carboxylic acids is 2. The lowest BCUT2D eigenvalue weighted by Gasteiger charge is -2.05. The van der Waals surface area contributed by atoms with Gasteiger partial charge in [0.1, 0.15) is 34.4 Å². The van der Waals surface area contributed by atoms with Crippen LogP contribution in [0, 0.1) is 23.3 Å². The zero-order valence-electron chi connectivity index (χ0n) is 37.6. The number of anilines is 6. The van der Waals surface area contributed by atoms with Crippen LogP contribution in [0.5, 0.6) is 0 Å². The van der Waals surface area contributed by atoms with Crippen molar-refractivity contribution < 1.29 is 48.7 Å². The Morgan fingerprint density at radius 1 is 0.613 bits per heavy atom. The van der Waals surface area contributed by atoms with Gasteiger partial charge in [-0.2, -0.15) is 14.6 Å². The normalized spacial score (nSPS) is 9.13. The van der Waals surface area contributed by atoms with E-state index in [9.17, 15) is 44.0 Å². The summed E-state index contributed by atoms with van der Waals surface area (Å²) >= 11 is 4.89. The van der Waals surface area contributed by atoms with Crippen molar-refractivity contribution in [2.24, 2.45) is 11.7 Å². The highest BCUT2D eigenvalue weighted by atomic mass is 35.5. The van der Waals surface area contributed by atoms with Gasteiger partial charge in [-0.25, -0.2) is 48.9 Å². The van der Waals surface area contributed by atoms with E-state index in [1.165, 1.54) is 50.5 Å². The molecular weight excluding hydrogens is 1050 g/mol. The molecule has 2 heterocycles. The van der Waals surface area contributed by atoms with Crippen molar-refractivity contribution in [3.05, 3.63) is 196 Å². The zero-order valence-corrected chi connectivity index (χ0v) is 40.0. The lowest BCUT2D eigenvalue weighted by atomic mass is 10.2. The highest BCUT2D eigenvalue weighted by molar-refractivity contribution is 7.89. The van der Waals surface area contributed by atoms with Crippen LogP contribution in [0.2, 0.25) is 0 Å². The van der Waals surface area contributed by atoms with Crippen LogP contribution in [-0.4, -0.2) is 72.0 Å². The van der Waals surface area contributed by atoms with Crippen LogP contribution in [0.1, 0.15) is 35.6 Å². The van der Waals surface area contributed by atoms with E-state index in [2.05, 4.69) is 133 Å². The molecule has 394 valence electrons. The van der Waals surface area contributed by atoms with Crippen LogP contribution in [-0.2, 0) is 20.0 Å². The SMILES string of the molecule is C.C.C=C=C=C=C=C=C=C=C=C=C=C=C.CNS(=O)(=O)c1ccc(Nc2n[nH]c(N)n2)cc1.CNS(=O)(=O)c1ccc(Nc2nc(N)n(C(=O)c3c(F)cccc3F)n2)cc1.F.NN.O=C(Cl)c1c(F)cccc1F. The Hall–Kier alpha value is -9.30. The molecule has 0 radical (unpaired) electrons. The number of aromatic amines is 1. The number of benzene rings is 4. The molecule has 13 N–H and O–H groups in total. The highest BCUT2D eigenvalue weighted by Gasteiger charge is 2.23. The molecule has 4 aromatic carbocycles. The predicted molar refractivity (Wildman–Crippen MR) is 274 cm³/mol. The second-order valence-corrected chi connectivity index (χ2v) is 16.3. The first-order valence-electron chi connectivity index (χ1n) is 19.0. The quantitative estimate of drug-likeness (QED) is 0.0229. The number of sulfonamides is 2. The first-order chi connectivity index (χ1) is 34.3. The van der Waals surface area contributed by atoms with E-state index in [0.717, 1.165) is 36.4 Å². The molecule has 0 amide bonds. The molecule has 0 fully saturated rings. The van der Waals surface area contributed by atoms with Crippen molar-refractivity contribution in [2.45, 2.75) is 24.6 Å². The van der Waals surface area contributed by atoms with Crippen LogP contribution < -0.4 is 43.2 Å². The number of hydrogen-bond acceptors (Lipinski definition) is 16. The van der Waals surface area contributed by atoms with Crippen molar-refractivity contribution in [2.75, 3.05) is 36.2 Å². The van der Waals surface area contributed by atoms with Crippen molar-refractivity contribution in [3.63, 3.8) is 0 Å². The molecule has 0 atom stereocenters. The second kappa shape index (κ2) is 34.1. The molecule has 6 aromatic rings. The van der Waals surface area contributed by atoms with E-state index in [1.807, 2.05) is 0 Å². The number of hydrogen-bond donors (Lipinski definition) is 9. The van der Waals surface area contributed by atoms with E-state index in [0.29, 0.717) is 22.0 Å². The standard InChI is InChI=1S/C16H14F2N6O3S.C13H4.C9H12N6O2S.C7H3ClF2O.2CH4.FH.H4N2/c1-20-28(26,27)10-7-5-9(6-8-10)21-16-22-15(19)24(23-16)14(25)13-11(17)3-2-4-12(13)18;1-3-5-7-9-11-13-12-10-8-6-4-2;1-11-18(16,17)7-4-2-6(3-5-7)12-9-13-8(10)14-15-9;8-7(11)6-4(9)2-1-3-5(6)10;;;;1-2/h2-8,20H,1H3,(H3,19,21,22,23);1-2H2;2-5,11H,1H3,(H4,10,12,13,14,15);1-3H;2*1H4;1H;1-2H2. The Balaban J connectivity index is 0. The monoisotopic (exact) mass is 1100 g/mol. The number of nitrogen functional groups attached to an aromatic ring is 2. The lowest BCUT2D eigenvalue weighted by Crippen LogP contribution is -2.19. The van der Waals surface area contributed by atoms with Crippen LogP contribution in [0.25, 0.3) is 0 Å². The third kappa shape index (κ3) is 21.9. The van der Waals surface area contributed by atoms with Gasteiger partial charge in [0.2, 0.25) is 43.8 Å². The molecule has 0 saturated heterocycles. The fourth-order valence-corrected chi connectivity index (χ4v) is 6.23. The highest BCUT2D eigenvalue weighted by Crippen LogP contribution is 2.21. The van der Waals surface area contributed by atoms with Gasteiger partial charge in [0.15, 0.2) is 0 Å². The van der Waals surface area contributed by atoms with Crippen molar-refractivity contribution in [3.8, 4) is 0 Å².